The average molecular weight is 476 g/mol. The lowest BCUT2D eigenvalue weighted by Gasteiger charge is -2.55. The highest BCUT2D eigenvalue weighted by Crippen LogP contribution is 2.60. The van der Waals surface area contributed by atoms with Crippen LogP contribution in [0.5, 0.6) is 0 Å². The van der Waals surface area contributed by atoms with Gasteiger partial charge >= 0.3 is 0 Å². The number of anilines is 1. The molecule has 1 aliphatic heterocycles. The van der Waals surface area contributed by atoms with E-state index in [1.807, 2.05) is 29.2 Å². The predicted molar refractivity (Wildman–Crippen MR) is 133 cm³/mol. The summed E-state index contributed by atoms with van der Waals surface area (Å²) < 4.78 is 13.2. The minimum atomic E-state index is -0.238. The molecule has 4 aliphatic carbocycles. The normalized spacial score (nSPS) is 29.3. The third-order valence-corrected chi connectivity index (χ3v) is 8.93. The number of nitrogens with one attached hydrogen (secondary N) is 1. The molecule has 0 aromatic heterocycles. The van der Waals surface area contributed by atoms with E-state index in [1.54, 1.807) is 12.1 Å². The molecular formula is C29H34FN3O2. The average Bonchev–Trinajstić information content (AvgIpc) is 2.87. The molecule has 7 rings (SSSR count). The Morgan fingerprint density at radius 2 is 1.40 bits per heavy atom. The van der Waals surface area contributed by atoms with Crippen molar-refractivity contribution in [2.24, 2.45) is 23.2 Å². The quantitative estimate of drug-likeness (QED) is 0.687. The van der Waals surface area contributed by atoms with Crippen molar-refractivity contribution in [2.75, 3.05) is 31.1 Å². The Kier molecular flexibility index (Phi) is 5.78. The topological polar surface area (TPSA) is 52.7 Å². The number of carbonyl (C=O) groups excluding carboxylic acids is 2. The summed E-state index contributed by atoms with van der Waals surface area (Å²) in [6.07, 6.45) is 7.24. The van der Waals surface area contributed by atoms with Gasteiger partial charge in [0.25, 0.3) is 5.91 Å². The summed E-state index contributed by atoms with van der Waals surface area (Å²) in [5, 5.41) is 3.23. The Hall–Kier alpha value is -2.89. The van der Waals surface area contributed by atoms with Gasteiger partial charge in [0.1, 0.15) is 5.82 Å². The van der Waals surface area contributed by atoms with E-state index in [4.69, 9.17) is 0 Å². The molecule has 5 fully saturated rings. The van der Waals surface area contributed by atoms with Gasteiger partial charge in [-0.2, -0.15) is 0 Å². The van der Waals surface area contributed by atoms with Crippen LogP contribution in [0, 0.1) is 29.0 Å². The van der Waals surface area contributed by atoms with Gasteiger partial charge in [0.2, 0.25) is 5.91 Å². The van der Waals surface area contributed by atoms with Gasteiger partial charge in [-0.05, 0) is 98.2 Å². The summed E-state index contributed by atoms with van der Waals surface area (Å²) in [7, 11) is 0. The second-order valence-electron chi connectivity index (χ2n) is 11.3. The smallest absolute Gasteiger partial charge is 0.253 e. The van der Waals surface area contributed by atoms with Crippen LogP contribution in [0.25, 0.3) is 0 Å². The largest absolute Gasteiger partial charge is 0.368 e. The van der Waals surface area contributed by atoms with E-state index >= 15 is 0 Å². The van der Waals surface area contributed by atoms with Crippen LogP contribution in [0.3, 0.4) is 0 Å². The molecule has 2 amide bonds. The first kappa shape index (κ1) is 22.6. The van der Waals surface area contributed by atoms with Gasteiger partial charge in [-0.1, -0.05) is 12.1 Å². The van der Waals surface area contributed by atoms with Crippen molar-refractivity contribution in [2.45, 2.75) is 45.1 Å². The zero-order chi connectivity index (χ0) is 24.0. The fourth-order valence-corrected chi connectivity index (χ4v) is 7.53. The molecule has 2 aromatic rings. The summed E-state index contributed by atoms with van der Waals surface area (Å²) in [5.74, 6) is 2.32. The van der Waals surface area contributed by atoms with Crippen LogP contribution in [-0.2, 0) is 11.3 Å². The monoisotopic (exact) mass is 475 g/mol. The maximum Gasteiger partial charge on any atom is 0.253 e. The van der Waals surface area contributed by atoms with Crippen molar-refractivity contribution in [1.29, 1.82) is 0 Å². The highest BCUT2D eigenvalue weighted by molar-refractivity contribution is 5.94. The van der Waals surface area contributed by atoms with Crippen LogP contribution in [0.1, 0.15) is 54.4 Å². The molecule has 1 N–H and O–H groups in total. The van der Waals surface area contributed by atoms with Gasteiger partial charge in [0.15, 0.2) is 0 Å². The van der Waals surface area contributed by atoms with E-state index in [-0.39, 0.29) is 23.0 Å². The van der Waals surface area contributed by atoms with Gasteiger partial charge in [-0.3, -0.25) is 9.59 Å². The molecule has 2 aromatic carbocycles. The van der Waals surface area contributed by atoms with Gasteiger partial charge in [0, 0.05) is 49.4 Å². The van der Waals surface area contributed by atoms with Crippen molar-refractivity contribution in [3.05, 3.63) is 65.5 Å². The number of hydrogen-bond donors (Lipinski definition) is 1. The third-order valence-electron chi connectivity index (χ3n) is 8.93. The maximum atomic E-state index is 13.2. The Bertz CT molecular complexity index is 1050. The van der Waals surface area contributed by atoms with Crippen LogP contribution in [0.2, 0.25) is 0 Å². The lowest BCUT2D eigenvalue weighted by atomic mass is 9.49. The highest BCUT2D eigenvalue weighted by atomic mass is 19.1. The molecule has 6 heteroatoms. The zero-order valence-corrected chi connectivity index (χ0v) is 20.2. The number of carbonyl (C=O) groups is 2. The number of benzene rings is 2. The molecule has 5 aliphatic rings. The molecule has 35 heavy (non-hydrogen) atoms. The molecule has 0 unspecified atom stereocenters. The lowest BCUT2D eigenvalue weighted by molar-refractivity contribution is -0.146. The van der Waals surface area contributed by atoms with Crippen molar-refractivity contribution in [1.82, 2.24) is 10.2 Å². The molecule has 1 saturated heterocycles. The van der Waals surface area contributed by atoms with E-state index in [1.165, 1.54) is 31.4 Å². The minimum Gasteiger partial charge on any atom is -0.368 e. The zero-order valence-electron chi connectivity index (χ0n) is 20.2. The van der Waals surface area contributed by atoms with E-state index in [0.717, 1.165) is 61.4 Å². The van der Waals surface area contributed by atoms with Gasteiger partial charge in [-0.25, -0.2) is 4.39 Å². The predicted octanol–water partition coefficient (Wildman–Crippen LogP) is 4.62. The lowest BCUT2D eigenvalue weighted by Crippen LogP contribution is -2.53. The van der Waals surface area contributed by atoms with E-state index < -0.39 is 0 Å². The SMILES string of the molecule is O=C(c1ccc(CNC(=O)C23CC4CC(CC(C4)C2)C3)cc1)N1CCN(c2ccc(F)cc2)CC1. The molecule has 0 radical (unpaired) electrons. The van der Waals surface area contributed by atoms with Crippen LogP contribution < -0.4 is 10.2 Å². The van der Waals surface area contributed by atoms with Gasteiger partial charge in [-0.15, -0.1) is 0 Å². The second-order valence-corrected chi connectivity index (χ2v) is 11.3. The van der Waals surface area contributed by atoms with E-state index in [0.29, 0.717) is 25.2 Å². The first-order chi connectivity index (χ1) is 17.0. The molecule has 0 atom stereocenters. The summed E-state index contributed by atoms with van der Waals surface area (Å²) in [4.78, 5) is 30.3. The first-order valence-corrected chi connectivity index (χ1v) is 13.1. The fraction of sp³-hybridized carbons (Fsp3) is 0.517. The second kappa shape index (κ2) is 8.96. The molecule has 1 heterocycles. The summed E-state index contributed by atoms with van der Waals surface area (Å²) in [6, 6.07) is 14.2. The summed E-state index contributed by atoms with van der Waals surface area (Å²) >= 11 is 0. The van der Waals surface area contributed by atoms with Crippen molar-refractivity contribution < 1.29 is 14.0 Å². The first-order valence-electron chi connectivity index (χ1n) is 13.1. The highest BCUT2D eigenvalue weighted by Gasteiger charge is 2.54. The van der Waals surface area contributed by atoms with Crippen molar-refractivity contribution in [3.8, 4) is 0 Å². The standard InChI is InChI=1S/C29H34FN3O2/c30-25-5-7-26(8-6-25)32-9-11-33(12-10-32)27(34)24-3-1-20(2-4-24)19-31-28(35)29-16-21-13-22(17-29)15-23(14-21)18-29/h1-8,21-23H,9-19H2,(H,31,35). The number of nitrogens with zero attached hydrogens (tertiary/aromatic N) is 2. The summed E-state index contributed by atoms with van der Waals surface area (Å²) in [5.41, 5.74) is 2.57. The number of halogens is 1. The Balaban J connectivity index is 1.02. The van der Waals surface area contributed by atoms with Gasteiger partial charge < -0.3 is 15.1 Å². The Morgan fingerprint density at radius 1 is 0.829 bits per heavy atom. The van der Waals surface area contributed by atoms with E-state index in [9.17, 15) is 14.0 Å². The summed E-state index contributed by atoms with van der Waals surface area (Å²) in [6.45, 7) is 3.25. The fourth-order valence-electron chi connectivity index (χ4n) is 7.53. The Labute approximate surface area is 206 Å². The number of rotatable bonds is 5. The van der Waals surface area contributed by atoms with Crippen LogP contribution >= 0.6 is 0 Å². The van der Waals surface area contributed by atoms with Crippen LogP contribution in [0.4, 0.5) is 10.1 Å². The Morgan fingerprint density at radius 3 is 1.97 bits per heavy atom. The van der Waals surface area contributed by atoms with Crippen molar-refractivity contribution in [3.63, 3.8) is 0 Å². The molecular weight excluding hydrogens is 441 g/mol. The van der Waals surface area contributed by atoms with Crippen LogP contribution in [-0.4, -0.2) is 42.9 Å². The van der Waals surface area contributed by atoms with Gasteiger partial charge in [0.05, 0.1) is 0 Å². The molecule has 5 nitrogen and oxygen atoms in total. The molecule has 184 valence electrons. The molecule has 0 spiro atoms. The van der Waals surface area contributed by atoms with Crippen LogP contribution in [0.15, 0.2) is 48.5 Å². The number of amides is 2. The molecule has 4 saturated carbocycles. The third kappa shape index (κ3) is 4.43. The van der Waals surface area contributed by atoms with E-state index in [2.05, 4.69) is 10.2 Å². The maximum absolute atomic E-state index is 13.2. The molecule has 4 bridgehead atoms. The number of piperazine rings is 1. The minimum absolute atomic E-state index is 0.0351. The number of hydrogen-bond acceptors (Lipinski definition) is 3. The van der Waals surface area contributed by atoms with Crippen molar-refractivity contribution >= 4 is 17.5 Å².